The maximum atomic E-state index is 12.9. The number of pyridine rings is 2. The second-order valence-electron chi connectivity index (χ2n) is 9.35. The molecule has 1 amide bonds. The van der Waals surface area contributed by atoms with E-state index >= 15 is 0 Å². The molecule has 8 nitrogen and oxygen atoms in total. The first-order chi connectivity index (χ1) is 19.2. The van der Waals surface area contributed by atoms with Crippen molar-refractivity contribution in [3.8, 4) is 28.9 Å². The average molecular weight is 525 g/mol. The molecule has 0 radical (unpaired) electrons. The maximum Gasteiger partial charge on any atom is 0.234 e. The van der Waals surface area contributed by atoms with Gasteiger partial charge < -0.3 is 19.5 Å². The van der Waals surface area contributed by atoms with E-state index in [4.69, 9.17) is 14.2 Å². The van der Waals surface area contributed by atoms with Crippen LogP contribution in [-0.4, -0.2) is 40.5 Å². The van der Waals surface area contributed by atoms with Crippen molar-refractivity contribution in [2.24, 2.45) is 0 Å². The summed E-state index contributed by atoms with van der Waals surface area (Å²) in [5.41, 5.74) is 1.91. The molecule has 5 rings (SSSR count). The van der Waals surface area contributed by atoms with E-state index in [2.05, 4.69) is 20.2 Å². The number of hydrogen-bond acceptors (Lipinski definition) is 7. The van der Waals surface area contributed by atoms with Crippen LogP contribution in [0.5, 0.6) is 28.9 Å². The van der Waals surface area contributed by atoms with Crippen molar-refractivity contribution in [2.45, 2.75) is 32.4 Å². The number of carbonyl (C=O) groups excluding carboxylic acids is 1. The molecule has 0 fully saturated rings. The first-order valence-electron chi connectivity index (χ1n) is 13.2. The number of benzene rings is 2. The van der Waals surface area contributed by atoms with Gasteiger partial charge in [-0.2, -0.15) is 0 Å². The number of ether oxygens (including phenoxy) is 3. The summed E-state index contributed by atoms with van der Waals surface area (Å²) in [6.45, 7) is 2.68. The molecule has 1 N–H and O–H groups in total. The Morgan fingerprint density at radius 3 is 2.59 bits per heavy atom. The summed E-state index contributed by atoms with van der Waals surface area (Å²) in [5.74, 6) is 3.23. The summed E-state index contributed by atoms with van der Waals surface area (Å²) in [7, 11) is 0. The lowest BCUT2D eigenvalue weighted by Crippen LogP contribution is -2.37. The summed E-state index contributed by atoms with van der Waals surface area (Å²) in [4.78, 5) is 23.6. The molecule has 1 aliphatic heterocycles. The standard InChI is InChI=1S/C31H32N4O4/c36-30(34-20-24-12-14-26(15-13-24)38-27-9-7-16-32-21-27)23-35-18-4-1-5-19-37-28-10-2-3-11-29(28)39-31-25(22-35)8-6-17-33-31/h2-3,6-17,21H,1,4-5,18-20,22-23H2,(H,34,36). The summed E-state index contributed by atoms with van der Waals surface area (Å²) in [5, 5.41) is 3.05. The number of amides is 1. The van der Waals surface area contributed by atoms with Gasteiger partial charge in [0.1, 0.15) is 11.5 Å². The zero-order valence-electron chi connectivity index (χ0n) is 21.8. The molecule has 0 atom stereocenters. The summed E-state index contributed by atoms with van der Waals surface area (Å²) in [6, 6.07) is 22.9. The van der Waals surface area contributed by atoms with Gasteiger partial charge in [-0.1, -0.05) is 30.3 Å². The fourth-order valence-corrected chi connectivity index (χ4v) is 4.32. The molecule has 0 unspecified atom stereocenters. The van der Waals surface area contributed by atoms with E-state index in [-0.39, 0.29) is 12.5 Å². The van der Waals surface area contributed by atoms with Crippen LogP contribution in [0.1, 0.15) is 30.4 Å². The molecule has 2 aromatic carbocycles. The second-order valence-corrected chi connectivity index (χ2v) is 9.35. The predicted octanol–water partition coefficient (Wildman–Crippen LogP) is 5.74. The Kier molecular flexibility index (Phi) is 8.99. The van der Waals surface area contributed by atoms with E-state index in [0.29, 0.717) is 42.8 Å². The van der Waals surface area contributed by atoms with Crippen molar-refractivity contribution in [1.29, 1.82) is 0 Å². The molecule has 0 saturated carbocycles. The molecule has 1 aliphatic rings. The molecule has 4 aromatic rings. The normalized spacial score (nSPS) is 14.2. The Morgan fingerprint density at radius 1 is 0.897 bits per heavy atom. The van der Waals surface area contributed by atoms with E-state index < -0.39 is 0 Å². The summed E-state index contributed by atoms with van der Waals surface area (Å²) >= 11 is 0. The third kappa shape index (κ3) is 7.78. The lowest BCUT2D eigenvalue weighted by molar-refractivity contribution is -0.122. The van der Waals surface area contributed by atoms with Gasteiger partial charge in [-0.05, 0) is 73.8 Å². The van der Waals surface area contributed by atoms with Crippen LogP contribution in [-0.2, 0) is 17.9 Å². The summed E-state index contributed by atoms with van der Waals surface area (Å²) < 4.78 is 18.0. The van der Waals surface area contributed by atoms with Crippen LogP contribution in [0.25, 0.3) is 0 Å². The molecule has 3 heterocycles. The minimum Gasteiger partial charge on any atom is -0.490 e. The van der Waals surface area contributed by atoms with Gasteiger partial charge in [-0.3, -0.25) is 14.7 Å². The molecule has 39 heavy (non-hydrogen) atoms. The lowest BCUT2D eigenvalue weighted by atomic mass is 10.2. The second kappa shape index (κ2) is 13.4. The number of nitrogens with one attached hydrogen (secondary N) is 1. The highest BCUT2D eigenvalue weighted by atomic mass is 16.5. The maximum absolute atomic E-state index is 12.9. The monoisotopic (exact) mass is 524 g/mol. The van der Waals surface area contributed by atoms with Crippen molar-refractivity contribution in [2.75, 3.05) is 19.7 Å². The van der Waals surface area contributed by atoms with Crippen molar-refractivity contribution >= 4 is 5.91 Å². The number of rotatable bonds is 6. The number of nitrogens with zero attached hydrogens (tertiary/aromatic N) is 3. The molecule has 200 valence electrons. The van der Waals surface area contributed by atoms with Crippen LogP contribution in [0.4, 0.5) is 0 Å². The zero-order chi connectivity index (χ0) is 26.7. The van der Waals surface area contributed by atoms with Crippen molar-refractivity contribution < 1.29 is 19.0 Å². The topological polar surface area (TPSA) is 85.8 Å². The van der Waals surface area contributed by atoms with Crippen molar-refractivity contribution in [3.05, 3.63) is 103 Å². The van der Waals surface area contributed by atoms with E-state index in [0.717, 1.165) is 42.7 Å². The Balaban J connectivity index is 1.20. The first kappa shape index (κ1) is 26.2. The third-order valence-electron chi connectivity index (χ3n) is 6.33. The van der Waals surface area contributed by atoms with Crippen molar-refractivity contribution in [1.82, 2.24) is 20.2 Å². The van der Waals surface area contributed by atoms with E-state index in [1.54, 1.807) is 18.6 Å². The van der Waals surface area contributed by atoms with Crippen LogP contribution in [0.2, 0.25) is 0 Å². The number of aromatic nitrogens is 2. The Labute approximate surface area is 228 Å². The van der Waals surface area contributed by atoms with E-state index in [9.17, 15) is 4.79 Å². The molecular weight excluding hydrogens is 492 g/mol. The number of para-hydroxylation sites is 2. The SMILES string of the molecule is O=C(CN1CCCCCOc2ccccc2Oc2ncccc2C1)NCc1ccc(Oc2cccnc2)cc1. The highest BCUT2D eigenvalue weighted by Gasteiger charge is 2.17. The fraction of sp³-hybridized carbons (Fsp3) is 0.258. The molecule has 8 heteroatoms. The van der Waals surface area contributed by atoms with Crippen LogP contribution >= 0.6 is 0 Å². The lowest BCUT2D eigenvalue weighted by Gasteiger charge is -2.22. The molecular formula is C31H32N4O4. The average Bonchev–Trinajstić information content (AvgIpc) is 2.98. The molecule has 0 bridgehead atoms. The minimum absolute atomic E-state index is 0.0324. The summed E-state index contributed by atoms with van der Waals surface area (Å²) in [6.07, 6.45) is 7.99. The van der Waals surface area contributed by atoms with Crippen molar-refractivity contribution in [3.63, 3.8) is 0 Å². The smallest absolute Gasteiger partial charge is 0.234 e. The van der Waals surface area contributed by atoms with Crippen LogP contribution in [0.3, 0.4) is 0 Å². The fourth-order valence-electron chi connectivity index (χ4n) is 4.32. The molecule has 0 aliphatic carbocycles. The first-order valence-corrected chi connectivity index (χ1v) is 13.2. The Hall–Kier alpha value is -4.43. The van der Waals surface area contributed by atoms with Gasteiger partial charge in [0.05, 0.1) is 19.3 Å². The van der Waals surface area contributed by atoms with Gasteiger partial charge in [0, 0.05) is 31.0 Å². The van der Waals surface area contributed by atoms with Gasteiger partial charge in [0.25, 0.3) is 0 Å². The Morgan fingerprint density at radius 2 is 1.74 bits per heavy atom. The molecule has 0 saturated heterocycles. The largest absolute Gasteiger partial charge is 0.490 e. The highest BCUT2D eigenvalue weighted by molar-refractivity contribution is 5.78. The quantitative estimate of drug-likeness (QED) is 0.344. The van der Waals surface area contributed by atoms with Gasteiger partial charge >= 0.3 is 0 Å². The van der Waals surface area contributed by atoms with Gasteiger partial charge in [0.15, 0.2) is 11.5 Å². The Bertz CT molecular complexity index is 1350. The van der Waals surface area contributed by atoms with Gasteiger partial charge in [-0.25, -0.2) is 4.98 Å². The third-order valence-corrected chi connectivity index (χ3v) is 6.33. The number of carbonyl (C=O) groups is 1. The van der Waals surface area contributed by atoms with Crippen LogP contribution < -0.4 is 19.5 Å². The number of fused-ring (bicyclic) bond motifs is 2. The number of hydrogen-bond donors (Lipinski definition) is 1. The van der Waals surface area contributed by atoms with Crippen LogP contribution in [0, 0.1) is 0 Å². The zero-order valence-corrected chi connectivity index (χ0v) is 21.8. The highest BCUT2D eigenvalue weighted by Crippen LogP contribution is 2.32. The molecule has 2 aromatic heterocycles. The van der Waals surface area contributed by atoms with Crippen LogP contribution in [0.15, 0.2) is 91.4 Å². The van der Waals surface area contributed by atoms with E-state index in [1.165, 1.54) is 0 Å². The van der Waals surface area contributed by atoms with E-state index in [1.807, 2.05) is 72.8 Å². The predicted molar refractivity (Wildman–Crippen MR) is 148 cm³/mol. The molecule has 0 spiro atoms. The van der Waals surface area contributed by atoms with Gasteiger partial charge in [0.2, 0.25) is 11.8 Å². The minimum atomic E-state index is -0.0324. The van der Waals surface area contributed by atoms with Gasteiger partial charge in [-0.15, -0.1) is 0 Å².